The summed E-state index contributed by atoms with van der Waals surface area (Å²) in [6.07, 6.45) is -0.799. The molecule has 98 valence electrons. The lowest BCUT2D eigenvalue weighted by molar-refractivity contribution is 0.0594. The highest BCUT2D eigenvalue weighted by Crippen LogP contribution is 2.26. The molecule has 3 rings (SSSR count). The molecule has 1 aromatic heterocycles. The van der Waals surface area contributed by atoms with Crippen molar-refractivity contribution in [2.24, 2.45) is 0 Å². The van der Waals surface area contributed by atoms with Crippen LogP contribution in [0.25, 0.3) is 11.3 Å². The number of hydrogen-bond acceptors (Lipinski definition) is 3. The van der Waals surface area contributed by atoms with Crippen LogP contribution in [-0.4, -0.2) is 27.3 Å². The normalized spacial score (nSPS) is 18.1. The van der Waals surface area contributed by atoms with E-state index in [1.165, 1.54) is 10.2 Å². The average Bonchev–Trinajstić information content (AvgIpc) is 2.80. The van der Waals surface area contributed by atoms with Crippen LogP contribution >= 0.6 is 0 Å². The number of aromatic nitrogens is 2. The number of aliphatic hydroxyl groups excluding tert-OH is 1. The third-order valence-corrected chi connectivity index (χ3v) is 3.35. The maximum atomic E-state index is 11.7. The Morgan fingerprint density at radius 2 is 2.16 bits per heavy atom. The molecular weight excluding hydrogens is 242 g/mol. The van der Waals surface area contributed by atoms with E-state index in [-0.39, 0.29) is 12.5 Å². The number of nitrogens with zero attached hydrogens (tertiary/aromatic N) is 2. The lowest BCUT2D eigenvalue weighted by Gasteiger charge is -2.19. The van der Waals surface area contributed by atoms with Gasteiger partial charge in [0.2, 0.25) is 0 Å². The summed E-state index contributed by atoms with van der Waals surface area (Å²) >= 11 is 0. The standard InChI is InChI=1S/C14H15N3O2/c1-8-3-4-10(9(2)5-8)11-6-12-14(19)15-7-13(18)17(12)16-11/h3-6,13,18H,7H2,1-2H3,(H,15,19). The molecule has 0 saturated heterocycles. The molecule has 0 saturated carbocycles. The van der Waals surface area contributed by atoms with E-state index in [9.17, 15) is 9.90 Å². The van der Waals surface area contributed by atoms with E-state index in [1.54, 1.807) is 6.07 Å². The van der Waals surface area contributed by atoms with E-state index in [2.05, 4.69) is 16.5 Å². The summed E-state index contributed by atoms with van der Waals surface area (Å²) < 4.78 is 1.38. The van der Waals surface area contributed by atoms with Gasteiger partial charge >= 0.3 is 0 Å². The fourth-order valence-corrected chi connectivity index (χ4v) is 2.38. The van der Waals surface area contributed by atoms with Gasteiger partial charge in [0.1, 0.15) is 5.69 Å². The summed E-state index contributed by atoms with van der Waals surface area (Å²) in [5, 5.41) is 16.8. The number of nitrogens with one attached hydrogen (secondary N) is 1. The second-order valence-corrected chi connectivity index (χ2v) is 4.87. The molecule has 1 aliphatic heterocycles. The average molecular weight is 257 g/mol. The molecule has 0 bridgehead atoms. The van der Waals surface area contributed by atoms with Gasteiger partial charge in [-0.05, 0) is 25.5 Å². The maximum absolute atomic E-state index is 11.7. The topological polar surface area (TPSA) is 67.2 Å². The Morgan fingerprint density at radius 1 is 1.37 bits per heavy atom. The van der Waals surface area contributed by atoms with E-state index in [1.807, 2.05) is 26.0 Å². The van der Waals surface area contributed by atoms with Crippen molar-refractivity contribution in [2.45, 2.75) is 20.1 Å². The van der Waals surface area contributed by atoms with Gasteiger partial charge < -0.3 is 10.4 Å². The van der Waals surface area contributed by atoms with Gasteiger partial charge in [-0.3, -0.25) is 4.79 Å². The predicted octanol–water partition coefficient (Wildman–Crippen LogP) is 1.40. The second-order valence-electron chi connectivity index (χ2n) is 4.87. The van der Waals surface area contributed by atoms with Crippen LogP contribution in [0.15, 0.2) is 24.3 Å². The quantitative estimate of drug-likeness (QED) is 0.811. The fourth-order valence-electron chi connectivity index (χ4n) is 2.38. The van der Waals surface area contributed by atoms with Crippen LogP contribution in [0.5, 0.6) is 0 Å². The first-order chi connectivity index (χ1) is 9.06. The number of hydrogen-bond donors (Lipinski definition) is 2. The third kappa shape index (κ3) is 1.92. The van der Waals surface area contributed by atoms with Crippen LogP contribution in [0, 0.1) is 13.8 Å². The lowest BCUT2D eigenvalue weighted by Crippen LogP contribution is -2.39. The SMILES string of the molecule is Cc1ccc(-c2cc3n(n2)C(O)CNC3=O)c(C)c1. The minimum absolute atomic E-state index is 0.194. The minimum atomic E-state index is -0.799. The third-order valence-electron chi connectivity index (χ3n) is 3.35. The highest BCUT2D eigenvalue weighted by Gasteiger charge is 2.25. The summed E-state index contributed by atoms with van der Waals surface area (Å²) in [6, 6.07) is 7.79. The number of fused-ring (bicyclic) bond motifs is 1. The molecule has 1 unspecified atom stereocenters. The van der Waals surface area contributed by atoms with Gasteiger partial charge in [0.25, 0.3) is 5.91 Å². The van der Waals surface area contributed by atoms with Gasteiger partial charge in [-0.2, -0.15) is 5.10 Å². The number of benzene rings is 1. The Hall–Kier alpha value is -2.14. The van der Waals surface area contributed by atoms with Crippen molar-refractivity contribution in [1.29, 1.82) is 0 Å². The molecule has 2 heterocycles. The van der Waals surface area contributed by atoms with Crippen molar-refractivity contribution in [3.8, 4) is 11.3 Å². The largest absolute Gasteiger partial charge is 0.370 e. The minimum Gasteiger partial charge on any atom is -0.370 e. The molecule has 0 fully saturated rings. The molecule has 2 N–H and O–H groups in total. The van der Waals surface area contributed by atoms with Crippen molar-refractivity contribution < 1.29 is 9.90 Å². The van der Waals surface area contributed by atoms with Crippen LogP contribution in [-0.2, 0) is 0 Å². The van der Waals surface area contributed by atoms with E-state index >= 15 is 0 Å². The van der Waals surface area contributed by atoms with E-state index in [0.29, 0.717) is 11.4 Å². The van der Waals surface area contributed by atoms with E-state index in [4.69, 9.17) is 0 Å². The molecule has 1 amide bonds. The van der Waals surface area contributed by atoms with Crippen LogP contribution < -0.4 is 5.32 Å². The highest BCUT2D eigenvalue weighted by molar-refractivity contribution is 5.94. The molecule has 1 aromatic carbocycles. The van der Waals surface area contributed by atoms with Crippen LogP contribution in [0.3, 0.4) is 0 Å². The van der Waals surface area contributed by atoms with Crippen molar-refractivity contribution in [1.82, 2.24) is 15.1 Å². The van der Waals surface area contributed by atoms with Crippen molar-refractivity contribution >= 4 is 5.91 Å². The molecule has 2 aromatic rings. The first-order valence-electron chi connectivity index (χ1n) is 6.19. The molecule has 5 nitrogen and oxygen atoms in total. The molecule has 19 heavy (non-hydrogen) atoms. The molecule has 0 spiro atoms. The monoisotopic (exact) mass is 257 g/mol. The smallest absolute Gasteiger partial charge is 0.269 e. The predicted molar refractivity (Wildman–Crippen MR) is 70.7 cm³/mol. The Bertz CT molecular complexity index is 661. The molecule has 0 aliphatic carbocycles. The number of aliphatic hydroxyl groups is 1. The van der Waals surface area contributed by atoms with Gasteiger partial charge in [0.05, 0.1) is 12.2 Å². The maximum Gasteiger partial charge on any atom is 0.269 e. The van der Waals surface area contributed by atoms with Crippen LogP contribution in [0.2, 0.25) is 0 Å². The highest BCUT2D eigenvalue weighted by atomic mass is 16.3. The summed E-state index contributed by atoms with van der Waals surface area (Å²) in [5.41, 5.74) is 4.37. The Morgan fingerprint density at radius 3 is 2.84 bits per heavy atom. The molecule has 1 atom stereocenters. The molecule has 5 heteroatoms. The molecule has 1 aliphatic rings. The number of β-amino-alcohol motifs (C(OH)–C–C–N with tert-alkyl or cyclic N) is 1. The molecule has 0 radical (unpaired) electrons. The zero-order valence-corrected chi connectivity index (χ0v) is 10.8. The first-order valence-corrected chi connectivity index (χ1v) is 6.19. The van der Waals surface area contributed by atoms with E-state index in [0.717, 1.165) is 11.1 Å². The van der Waals surface area contributed by atoms with Gasteiger partial charge in [0.15, 0.2) is 6.23 Å². The number of aryl methyl sites for hydroxylation is 2. The first kappa shape index (κ1) is 11.9. The summed E-state index contributed by atoms with van der Waals surface area (Å²) in [6.45, 7) is 4.24. The van der Waals surface area contributed by atoms with Gasteiger partial charge in [0, 0.05) is 5.56 Å². The van der Waals surface area contributed by atoms with Crippen molar-refractivity contribution in [3.63, 3.8) is 0 Å². The summed E-state index contributed by atoms with van der Waals surface area (Å²) in [4.78, 5) is 11.7. The summed E-state index contributed by atoms with van der Waals surface area (Å²) in [7, 11) is 0. The van der Waals surface area contributed by atoms with Gasteiger partial charge in [-0.15, -0.1) is 0 Å². The zero-order valence-electron chi connectivity index (χ0n) is 10.8. The number of rotatable bonds is 1. The van der Waals surface area contributed by atoms with Gasteiger partial charge in [-0.1, -0.05) is 23.8 Å². The van der Waals surface area contributed by atoms with E-state index < -0.39 is 6.23 Å². The van der Waals surface area contributed by atoms with Crippen LogP contribution in [0.1, 0.15) is 27.8 Å². The Labute approximate surface area is 110 Å². The Kier molecular flexibility index (Phi) is 2.64. The van der Waals surface area contributed by atoms with Crippen LogP contribution in [0.4, 0.5) is 0 Å². The summed E-state index contributed by atoms with van der Waals surface area (Å²) in [5.74, 6) is -0.200. The number of amides is 1. The second kappa shape index (κ2) is 4.20. The molecular formula is C14H15N3O2. The number of carbonyl (C=O) groups is 1. The van der Waals surface area contributed by atoms with Crippen molar-refractivity contribution in [3.05, 3.63) is 41.1 Å². The fraction of sp³-hybridized carbons (Fsp3) is 0.286. The lowest BCUT2D eigenvalue weighted by atomic mass is 10.0. The zero-order chi connectivity index (χ0) is 13.6. The number of carbonyl (C=O) groups excluding carboxylic acids is 1. The Balaban J connectivity index is 2.12. The van der Waals surface area contributed by atoms with Crippen molar-refractivity contribution in [2.75, 3.05) is 6.54 Å². The van der Waals surface area contributed by atoms with Gasteiger partial charge in [-0.25, -0.2) is 4.68 Å².